The van der Waals surface area contributed by atoms with Crippen LogP contribution in [0.1, 0.15) is 11.1 Å². The predicted octanol–water partition coefficient (Wildman–Crippen LogP) is 0.884. The van der Waals surface area contributed by atoms with Crippen LogP contribution in [0.4, 0.5) is 0 Å². The molecule has 98 valence electrons. The Balaban J connectivity index is 2.10. The van der Waals surface area contributed by atoms with Gasteiger partial charge in [-0.3, -0.25) is 4.79 Å². The normalized spacial score (nSPS) is 22.3. The zero-order chi connectivity index (χ0) is 13.0. The van der Waals surface area contributed by atoms with Crippen molar-refractivity contribution in [2.45, 2.75) is 11.4 Å². The van der Waals surface area contributed by atoms with Gasteiger partial charge in [0.15, 0.2) is 0 Å². The van der Waals surface area contributed by atoms with Crippen molar-refractivity contribution < 1.29 is 14.6 Å². The first-order chi connectivity index (χ1) is 8.65. The molecule has 1 aliphatic heterocycles. The largest absolute Gasteiger partial charge is 0.382 e. The lowest BCUT2D eigenvalue weighted by Crippen LogP contribution is -2.45. The molecule has 0 saturated heterocycles. The predicted molar refractivity (Wildman–Crippen MR) is 71.4 cm³/mol. The van der Waals surface area contributed by atoms with E-state index < -0.39 is 5.60 Å². The highest BCUT2D eigenvalue weighted by Gasteiger charge is 2.34. The molecule has 1 atom stereocenters. The fourth-order valence-electron chi connectivity index (χ4n) is 2.08. The van der Waals surface area contributed by atoms with E-state index in [9.17, 15) is 9.90 Å². The summed E-state index contributed by atoms with van der Waals surface area (Å²) >= 11 is 1.68. The van der Waals surface area contributed by atoms with Crippen molar-refractivity contribution in [3.8, 4) is 0 Å². The lowest BCUT2D eigenvalue weighted by molar-refractivity contribution is -0.125. The van der Waals surface area contributed by atoms with Crippen molar-refractivity contribution in [1.29, 1.82) is 0 Å². The zero-order valence-corrected chi connectivity index (χ0v) is 11.1. The lowest BCUT2D eigenvalue weighted by atomic mass is 9.91. The number of fused-ring (bicyclic) bond motifs is 1. The van der Waals surface area contributed by atoms with Crippen LogP contribution < -0.4 is 5.32 Å². The summed E-state index contributed by atoms with van der Waals surface area (Å²) in [6.45, 7) is 0.240. The highest BCUT2D eigenvalue weighted by molar-refractivity contribution is 7.98. The van der Waals surface area contributed by atoms with Crippen LogP contribution in [0.25, 0.3) is 0 Å². The minimum atomic E-state index is -0.983. The van der Waals surface area contributed by atoms with Gasteiger partial charge in [0.25, 0.3) is 0 Å². The van der Waals surface area contributed by atoms with Crippen LogP contribution >= 0.6 is 11.8 Å². The number of ether oxygens (including phenoxy) is 1. The molecule has 2 rings (SSSR count). The number of rotatable bonds is 4. The first-order valence-corrected chi connectivity index (χ1v) is 6.95. The van der Waals surface area contributed by atoms with Gasteiger partial charge in [-0.15, -0.1) is 0 Å². The van der Waals surface area contributed by atoms with Crippen LogP contribution in [0.15, 0.2) is 24.3 Å². The van der Waals surface area contributed by atoms with Crippen LogP contribution in [0.2, 0.25) is 0 Å². The second-order valence-electron chi connectivity index (χ2n) is 4.39. The van der Waals surface area contributed by atoms with E-state index >= 15 is 0 Å². The molecule has 2 N–H and O–H groups in total. The summed E-state index contributed by atoms with van der Waals surface area (Å²) in [5.41, 5.74) is 1.07. The lowest BCUT2D eigenvalue weighted by Gasteiger charge is -2.34. The molecule has 5 heteroatoms. The fraction of sp³-hybridized carbons (Fsp3) is 0.462. The van der Waals surface area contributed by atoms with Crippen molar-refractivity contribution in [2.24, 2.45) is 0 Å². The molecule has 0 aliphatic carbocycles. The van der Waals surface area contributed by atoms with Crippen molar-refractivity contribution in [1.82, 2.24) is 5.32 Å². The number of benzene rings is 1. The quantitative estimate of drug-likeness (QED) is 0.850. The molecule has 0 bridgehead atoms. The smallest absolute Gasteiger partial charge is 0.246 e. The molecule has 0 fully saturated rings. The molecule has 1 aromatic rings. The number of carbonyl (C=O) groups is 1. The Kier molecular flexibility index (Phi) is 4.27. The van der Waals surface area contributed by atoms with Gasteiger partial charge < -0.3 is 15.2 Å². The molecule has 0 radical (unpaired) electrons. The second kappa shape index (κ2) is 5.73. The first-order valence-electron chi connectivity index (χ1n) is 5.80. The van der Waals surface area contributed by atoms with E-state index in [1.54, 1.807) is 11.8 Å². The average molecular weight is 267 g/mol. The summed E-state index contributed by atoms with van der Waals surface area (Å²) in [6, 6.07) is 7.83. The molecular weight excluding hydrogens is 250 g/mol. The maximum Gasteiger partial charge on any atom is 0.246 e. The van der Waals surface area contributed by atoms with Crippen molar-refractivity contribution >= 4 is 17.7 Å². The number of amides is 1. The van der Waals surface area contributed by atoms with Crippen molar-refractivity contribution in [3.63, 3.8) is 0 Å². The molecular formula is C13H17NO3S. The van der Waals surface area contributed by atoms with E-state index in [1.165, 1.54) is 7.11 Å². The summed E-state index contributed by atoms with van der Waals surface area (Å²) in [5.74, 6) is 1.29. The SMILES string of the molecule is COCC(=O)NCC1(O)CSCc2ccccc21. The maximum atomic E-state index is 11.4. The molecule has 4 nitrogen and oxygen atoms in total. The van der Waals surface area contributed by atoms with Crippen LogP contribution in [0.3, 0.4) is 0 Å². The molecule has 18 heavy (non-hydrogen) atoms. The van der Waals surface area contributed by atoms with Crippen LogP contribution in [0, 0.1) is 0 Å². The van der Waals surface area contributed by atoms with Gasteiger partial charge in [0.2, 0.25) is 5.91 Å². The Morgan fingerprint density at radius 2 is 2.33 bits per heavy atom. The van der Waals surface area contributed by atoms with Gasteiger partial charge in [-0.1, -0.05) is 24.3 Å². The summed E-state index contributed by atoms with van der Waals surface area (Å²) in [7, 11) is 1.47. The molecule has 1 aromatic carbocycles. The minimum Gasteiger partial charge on any atom is -0.382 e. The molecule has 0 spiro atoms. The van der Waals surface area contributed by atoms with E-state index in [0.717, 1.165) is 16.9 Å². The Hall–Kier alpha value is -1.04. The average Bonchev–Trinajstić information content (AvgIpc) is 2.38. The topological polar surface area (TPSA) is 58.6 Å². The van der Waals surface area contributed by atoms with Gasteiger partial charge in [-0.2, -0.15) is 11.8 Å². The summed E-state index contributed by atoms with van der Waals surface area (Å²) in [6.07, 6.45) is 0. The number of aliphatic hydroxyl groups is 1. The molecule has 0 saturated carbocycles. The van der Waals surface area contributed by atoms with Gasteiger partial charge in [-0.25, -0.2) is 0 Å². The summed E-state index contributed by atoms with van der Waals surface area (Å²) in [5, 5.41) is 13.4. The molecule has 1 aliphatic rings. The summed E-state index contributed by atoms with van der Waals surface area (Å²) in [4.78, 5) is 11.4. The van der Waals surface area contributed by atoms with Crippen LogP contribution in [0.5, 0.6) is 0 Å². The minimum absolute atomic E-state index is 0.0187. The van der Waals surface area contributed by atoms with E-state index in [4.69, 9.17) is 4.74 Å². The monoisotopic (exact) mass is 267 g/mol. The second-order valence-corrected chi connectivity index (χ2v) is 5.38. The van der Waals surface area contributed by atoms with Crippen molar-refractivity contribution in [3.05, 3.63) is 35.4 Å². The van der Waals surface area contributed by atoms with Crippen LogP contribution in [-0.2, 0) is 20.9 Å². The molecule has 0 aromatic heterocycles. The van der Waals surface area contributed by atoms with Crippen molar-refractivity contribution in [2.75, 3.05) is 26.0 Å². The van der Waals surface area contributed by atoms with Gasteiger partial charge in [0.1, 0.15) is 12.2 Å². The third-order valence-corrected chi connectivity index (χ3v) is 4.17. The summed E-state index contributed by atoms with van der Waals surface area (Å²) < 4.78 is 4.75. The Bertz CT molecular complexity index is 438. The number of thioether (sulfide) groups is 1. The molecule has 1 heterocycles. The van der Waals surface area contributed by atoms with E-state index in [-0.39, 0.29) is 19.1 Å². The Morgan fingerprint density at radius 3 is 3.11 bits per heavy atom. The molecule has 1 unspecified atom stereocenters. The van der Waals surface area contributed by atoms with Gasteiger partial charge in [-0.05, 0) is 11.1 Å². The van der Waals surface area contributed by atoms with Gasteiger partial charge in [0.05, 0.1) is 6.54 Å². The third kappa shape index (κ3) is 2.85. The standard InChI is InChI=1S/C13H17NO3S/c1-17-6-12(15)14-8-13(16)9-18-7-10-4-2-3-5-11(10)13/h2-5,16H,6-9H2,1H3,(H,14,15). The molecule has 1 amide bonds. The number of methoxy groups -OCH3 is 1. The third-order valence-electron chi connectivity index (χ3n) is 2.97. The van der Waals surface area contributed by atoms with Gasteiger partial charge in [0, 0.05) is 18.6 Å². The van der Waals surface area contributed by atoms with Gasteiger partial charge >= 0.3 is 0 Å². The Labute approximate surface area is 111 Å². The fourth-order valence-corrected chi connectivity index (χ4v) is 3.25. The first kappa shape index (κ1) is 13.4. The highest BCUT2D eigenvalue weighted by Crippen LogP contribution is 2.35. The number of carbonyl (C=O) groups excluding carboxylic acids is 1. The van der Waals surface area contributed by atoms with E-state index in [2.05, 4.69) is 5.32 Å². The Morgan fingerprint density at radius 1 is 1.56 bits per heavy atom. The highest BCUT2D eigenvalue weighted by atomic mass is 32.2. The number of hydrogen-bond donors (Lipinski definition) is 2. The van der Waals surface area contributed by atoms with Crippen LogP contribution in [-0.4, -0.2) is 37.0 Å². The zero-order valence-electron chi connectivity index (χ0n) is 10.3. The van der Waals surface area contributed by atoms with E-state index in [1.807, 2.05) is 24.3 Å². The number of hydrogen-bond acceptors (Lipinski definition) is 4. The number of nitrogens with one attached hydrogen (secondary N) is 1. The van der Waals surface area contributed by atoms with E-state index in [0.29, 0.717) is 5.75 Å². The maximum absolute atomic E-state index is 11.4.